The molecule has 0 radical (unpaired) electrons. The normalized spacial score (nSPS) is 10.6. The van der Waals surface area contributed by atoms with Crippen LogP contribution in [0, 0.1) is 13.8 Å². The van der Waals surface area contributed by atoms with E-state index in [-0.39, 0.29) is 6.61 Å². The third-order valence-corrected chi connectivity index (χ3v) is 3.21. The summed E-state index contributed by atoms with van der Waals surface area (Å²) in [5.41, 5.74) is 3.48. The molecule has 2 aromatic rings. The number of ether oxygens (including phenoxy) is 2. The van der Waals surface area contributed by atoms with Gasteiger partial charge >= 0.3 is 0 Å². The van der Waals surface area contributed by atoms with Crippen LogP contribution in [0.1, 0.15) is 17.0 Å². The van der Waals surface area contributed by atoms with Crippen LogP contribution in [0.25, 0.3) is 5.69 Å². The van der Waals surface area contributed by atoms with Gasteiger partial charge < -0.3 is 14.6 Å². The largest absolute Gasteiger partial charge is 0.493 e. The minimum Gasteiger partial charge on any atom is -0.493 e. The SMILES string of the molecule is COc1ccc(-n2nc(C)c(CO)c2C)cc1OC. The second-order valence-corrected chi connectivity index (χ2v) is 4.26. The highest BCUT2D eigenvalue weighted by atomic mass is 16.5. The third-order valence-electron chi connectivity index (χ3n) is 3.21. The van der Waals surface area contributed by atoms with Crippen molar-refractivity contribution in [2.75, 3.05) is 14.2 Å². The van der Waals surface area contributed by atoms with E-state index in [1.165, 1.54) is 0 Å². The molecule has 5 nitrogen and oxygen atoms in total. The Balaban J connectivity index is 2.53. The highest BCUT2D eigenvalue weighted by Crippen LogP contribution is 2.30. The number of rotatable bonds is 4. The van der Waals surface area contributed by atoms with Gasteiger partial charge in [0, 0.05) is 17.3 Å². The number of nitrogens with zero attached hydrogens (tertiary/aromatic N) is 2. The van der Waals surface area contributed by atoms with Crippen LogP contribution in [0.2, 0.25) is 0 Å². The van der Waals surface area contributed by atoms with Crippen molar-refractivity contribution in [2.24, 2.45) is 0 Å². The average Bonchev–Trinajstić information content (AvgIpc) is 2.72. The van der Waals surface area contributed by atoms with Crippen molar-refractivity contribution in [1.29, 1.82) is 0 Å². The molecular formula is C14H18N2O3. The lowest BCUT2D eigenvalue weighted by Crippen LogP contribution is -2.01. The molecule has 0 fully saturated rings. The molecule has 0 amide bonds. The Morgan fingerprint density at radius 3 is 2.37 bits per heavy atom. The maximum Gasteiger partial charge on any atom is 0.162 e. The zero-order chi connectivity index (χ0) is 14.0. The Bertz CT molecular complexity index is 591. The molecular weight excluding hydrogens is 244 g/mol. The molecule has 0 aliphatic heterocycles. The molecule has 19 heavy (non-hydrogen) atoms. The molecule has 0 atom stereocenters. The van der Waals surface area contributed by atoms with E-state index in [9.17, 15) is 5.11 Å². The third kappa shape index (κ3) is 2.29. The number of aryl methyl sites for hydroxylation is 1. The molecule has 0 unspecified atom stereocenters. The van der Waals surface area contributed by atoms with Gasteiger partial charge in [0.1, 0.15) is 0 Å². The molecule has 5 heteroatoms. The Hall–Kier alpha value is -2.01. The van der Waals surface area contributed by atoms with Gasteiger partial charge in [0.25, 0.3) is 0 Å². The first-order chi connectivity index (χ1) is 9.12. The predicted octanol–water partition coefficient (Wildman–Crippen LogP) is 2.00. The van der Waals surface area contributed by atoms with Crippen LogP contribution < -0.4 is 9.47 Å². The van der Waals surface area contributed by atoms with Crippen LogP contribution in [-0.2, 0) is 6.61 Å². The fourth-order valence-corrected chi connectivity index (χ4v) is 2.11. The summed E-state index contributed by atoms with van der Waals surface area (Å²) < 4.78 is 12.3. The minimum atomic E-state index is -0.00897. The number of aliphatic hydroxyl groups is 1. The van der Waals surface area contributed by atoms with Gasteiger partial charge in [-0.2, -0.15) is 5.10 Å². The summed E-state index contributed by atoms with van der Waals surface area (Å²) in [6.45, 7) is 3.81. The molecule has 0 aliphatic carbocycles. The maximum absolute atomic E-state index is 9.34. The van der Waals surface area contributed by atoms with Crippen molar-refractivity contribution >= 4 is 0 Å². The molecule has 1 heterocycles. The second-order valence-electron chi connectivity index (χ2n) is 4.26. The predicted molar refractivity (Wildman–Crippen MR) is 72.1 cm³/mol. The first-order valence-electron chi connectivity index (χ1n) is 6.00. The second kappa shape index (κ2) is 5.32. The van der Waals surface area contributed by atoms with Crippen molar-refractivity contribution in [1.82, 2.24) is 9.78 Å². The fourth-order valence-electron chi connectivity index (χ4n) is 2.11. The minimum absolute atomic E-state index is 0.00897. The zero-order valence-electron chi connectivity index (χ0n) is 11.6. The van der Waals surface area contributed by atoms with E-state index in [1.54, 1.807) is 18.9 Å². The topological polar surface area (TPSA) is 56.5 Å². The van der Waals surface area contributed by atoms with Crippen LogP contribution in [0.3, 0.4) is 0 Å². The Labute approximate surface area is 112 Å². The zero-order valence-corrected chi connectivity index (χ0v) is 11.6. The highest BCUT2D eigenvalue weighted by Gasteiger charge is 2.13. The Morgan fingerprint density at radius 1 is 1.16 bits per heavy atom. The maximum atomic E-state index is 9.34. The number of hydrogen-bond acceptors (Lipinski definition) is 4. The van der Waals surface area contributed by atoms with E-state index in [0.29, 0.717) is 11.5 Å². The smallest absolute Gasteiger partial charge is 0.162 e. The van der Waals surface area contributed by atoms with E-state index < -0.39 is 0 Å². The van der Waals surface area contributed by atoms with Crippen LogP contribution in [-0.4, -0.2) is 29.1 Å². The van der Waals surface area contributed by atoms with Gasteiger partial charge in [-0.05, 0) is 26.0 Å². The molecule has 0 aliphatic rings. The number of methoxy groups -OCH3 is 2. The first kappa shape index (κ1) is 13.4. The highest BCUT2D eigenvalue weighted by molar-refractivity contribution is 5.49. The first-order valence-corrected chi connectivity index (χ1v) is 6.00. The molecule has 1 N–H and O–H groups in total. The summed E-state index contributed by atoms with van der Waals surface area (Å²) in [6.07, 6.45) is 0. The van der Waals surface area contributed by atoms with Gasteiger partial charge in [0.05, 0.1) is 32.2 Å². The van der Waals surface area contributed by atoms with Crippen LogP contribution in [0.15, 0.2) is 18.2 Å². The van der Waals surface area contributed by atoms with Crippen molar-refractivity contribution in [3.63, 3.8) is 0 Å². The molecule has 102 valence electrons. The van der Waals surface area contributed by atoms with Crippen molar-refractivity contribution < 1.29 is 14.6 Å². The van der Waals surface area contributed by atoms with E-state index in [1.807, 2.05) is 32.0 Å². The Morgan fingerprint density at radius 2 is 1.84 bits per heavy atom. The van der Waals surface area contributed by atoms with Gasteiger partial charge in [-0.1, -0.05) is 0 Å². The van der Waals surface area contributed by atoms with E-state index >= 15 is 0 Å². The van der Waals surface area contributed by atoms with Crippen molar-refractivity contribution in [2.45, 2.75) is 20.5 Å². The monoisotopic (exact) mass is 262 g/mol. The summed E-state index contributed by atoms with van der Waals surface area (Å²) in [5.74, 6) is 1.33. The lowest BCUT2D eigenvalue weighted by molar-refractivity contribution is 0.280. The van der Waals surface area contributed by atoms with Crippen molar-refractivity contribution in [3.8, 4) is 17.2 Å². The standard InChI is InChI=1S/C14H18N2O3/c1-9-12(8-17)10(2)16(15-9)11-5-6-13(18-3)14(7-11)19-4/h5-7,17H,8H2,1-4H3. The van der Waals surface area contributed by atoms with Gasteiger partial charge in [-0.25, -0.2) is 4.68 Å². The molecule has 0 bridgehead atoms. The number of aliphatic hydroxyl groups excluding tert-OH is 1. The lowest BCUT2D eigenvalue weighted by atomic mass is 10.2. The number of hydrogen-bond donors (Lipinski definition) is 1. The number of benzene rings is 1. The average molecular weight is 262 g/mol. The number of aromatic nitrogens is 2. The summed E-state index contributed by atoms with van der Waals surface area (Å²) in [7, 11) is 3.20. The fraction of sp³-hybridized carbons (Fsp3) is 0.357. The molecule has 0 saturated heterocycles. The van der Waals surface area contributed by atoms with Gasteiger partial charge in [0.2, 0.25) is 0 Å². The lowest BCUT2D eigenvalue weighted by Gasteiger charge is -2.10. The van der Waals surface area contributed by atoms with E-state index in [4.69, 9.17) is 9.47 Å². The summed E-state index contributed by atoms with van der Waals surface area (Å²) in [4.78, 5) is 0. The van der Waals surface area contributed by atoms with E-state index in [0.717, 1.165) is 22.6 Å². The van der Waals surface area contributed by atoms with Crippen molar-refractivity contribution in [3.05, 3.63) is 35.2 Å². The van der Waals surface area contributed by atoms with Gasteiger partial charge in [-0.15, -0.1) is 0 Å². The Kier molecular flexibility index (Phi) is 3.76. The molecule has 2 rings (SSSR count). The van der Waals surface area contributed by atoms with Gasteiger partial charge in [-0.3, -0.25) is 0 Å². The molecule has 1 aromatic heterocycles. The molecule has 0 saturated carbocycles. The molecule has 0 spiro atoms. The van der Waals surface area contributed by atoms with Crippen LogP contribution in [0.4, 0.5) is 0 Å². The van der Waals surface area contributed by atoms with Crippen LogP contribution in [0.5, 0.6) is 11.5 Å². The summed E-state index contributed by atoms with van der Waals surface area (Å²) >= 11 is 0. The molecule has 1 aromatic carbocycles. The van der Waals surface area contributed by atoms with Gasteiger partial charge in [0.15, 0.2) is 11.5 Å². The van der Waals surface area contributed by atoms with Crippen LogP contribution >= 0.6 is 0 Å². The van der Waals surface area contributed by atoms with E-state index in [2.05, 4.69) is 5.10 Å². The summed E-state index contributed by atoms with van der Waals surface area (Å²) in [6, 6.07) is 5.60. The quantitative estimate of drug-likeness (QED) is 0.915. The summed E-state index contributed by atoms with van der Waals surface area (Å²) in [5, 5.41) is 13.8.